The Kier molecular flexibility index (Phi) is 4.41. The van der Waals surface area contributed by atoms with E-state index in [0.29, 0.717) is 5.82 Å². The van der Waals surface area contributed by atoms with E-state index < -0.39 is 18.0 Å². The second-order valence-electron chi connectivity index (χ2n) is 5.07. The van der Waals surface area contributed by atoms with Gasteiger partial charge in [-0.25, -0.2) is 9.59 Å². The molecule has 0 spiro atoms. The number of aromatic nitrogens is 3. The van der Waals surface area contributed by atoms with Crippen molar-refractivity contribution >= 4 is 12.0 Å². The molecule has 1 fully saturated rings. The number of carbonyl (C=O) groups excluding carboxylic acids is 1. The number of carboxylic acid groups (broad SMARTS) is 1. The van der Waals surface area contributed by atoms with Crippen LogP contribution in [0.3, 0.4) is 0 Å². The van der Waals surface area contributed by atoms with Crippen LogP contribution in [0, 0.1) is 0 Å². The molecule has 116 valence electrons. The van der Waals surface area contributed by atoms with Crippen molar-refractivity contribution in [3.8, 4) is 0 Å². The summed E-state index contributed by atoms with van der Waals surface area (Å²) in [6.07, 6.45) is 1.56. The third kappa shape index (κ3) is 3.13. The van der Waals surface area contributed by atoms with E-state index >= 15 is 0 Å². The molecule has 0 aromatic carbocycles. The van der Waals surface area contributed by atoms with Crippen molar-refractivity contribution in [1.29, 1.82) is 0 Å². The number of aryl methyl sites for hydroxylation is 1. The summed E-state index contributed by atoms with van der Waals surface area (Å²) in [5, 5.41) is 19.6. The summed E-state index contributed by atoms with van der Waals surface area (Å²) in [6.45, 7) is 2.02. The van der Waals surface area contributed by atoms with Gasteiger partial charge in [0.25, 0.3) is 0 Å². The van der Waals surface area contributed by atoms with Crippen LogP contribution in [0.15, 0.2) is 6.33 Å². The van der Waals surface area contributed by atoms with E-state index in [9.17, 15) is 14.7 Å². The number of nitrogens with one attached hydrogen (secondary N) is 1. The molecule has 1 aliphatic heterocycles. The van der Waals surface area contributed by atoms with Crippen LogP contribution < -0.4 is 5.32 Å². The van der Waals surface area contributed by atoms with Crippen LogP contribution in [0.2, 0.25) is 0 Å². The van der Waals surface area contributed by atoms with Crippen LogP contribution in [0.1, 0.15) is 25.2 Å². The van der Waals surface area contributed by atoms with Crippen LogP contribution in [-0.4, -0.2) is 62.6 Å². The summed E-state index contributed by atoms with van der Waals surface area (Å²) < 4.78 is 6.85. The number of rotatable bonds is 4. The molecular weight excluding hydrogens is 278 g/mol. The first-order valence-corrected chi connectivity index (χ1v) is 6.60. The molecular formula is C12H19N5O4. The van der Waals surface area contributed by atoms with Gasteiger partial charge in [-0.2, -0.15) is 0 Å². The highest BCUT2D eigenvalue weighted by Gasteiger charge is 2.40. The Morgan fingerprint density at radius 3 is 2.81 bits per heavy atom. The van der Waals surface area contributed by atoms with E-state index in [4.69, 9.17) is 4.74 Å². The molecule has 2 heterocycles. The fourth-order valence-corrected chi connectivity index (χ4v) is 2.44. The van der Waals surface area contributed by atoms with Crippen molar-refractivity contribution in [2.75, 3.05) is 13.7 Å². The summed E-state index contributed by atoms with van der Waals surface area (Å²) >= 11 is 0. The number of nitrogens with zero attached hydrogens (tertiary/aromatic N) is 4. The Balaban J connectivity index is 2.05. The standard InChI is InChI=1S/C12H19N5O4/c1-7(10-15-13-6-16(10)2)14-12(20)17-5-8(21-3)4-9(17)11(18)19/h6-9H,4-5H2,1-3H3,(H,14,20)(H,18,19). The van der Waals surface area contributed by atoms with E-state index in [0.717, 1.165) is 0 Å². The minimum Gasteiger partial charge on any atom is -0.480 e. The number of aliphatic carboxylic acids is 1. The average Bonchev–Trinajstić information content (AvgIpc) is 3.04. The zero-order chi connectivity index (χ0) is 15.6. The molecule has 9 heteroatoms. The zero-order valence-electron chi connectivity index (χ0n) is 12.2. The zero-order valence-corrected chi connectivity index (χ0v) is 12.2. The average molecular weight is 297 g/mol. The van der Waals surface area contributed by atoms with Gasteiger partial charge in [-0.1, -0.05) is 0 Å². The Bertz CT molecular complexity index is 531. The summed E-state index contributed by atoms with van der Waals surface area (Å²) in [5.41, 5.74) is 0. The number of amides is 2. The summed E-state index contributed by atoms with van der Waals surface area (Å²) in [4.78, 5) is 24.8. The van der Waals surface area contributed by atoms with Crippen LogP contribution in [0.25, 0.3) is 0 Å². The predicted octanol–water partition coefficient (Wildman–Crippen LogP) is -0.240. The second kappa shape index (κ2) is 6.08. The van der Waals surface area contributed by atoms with Crippen molar-refractivity contribution in [2.24, 2.45) is 7.05 Å². The molecule has 1 aromatic rings. The van der Waals surface area contributed by atoms with Crippen molar-refractivity contribution in [1.82, 2.24) is 25.0 Å². The van der Waals surface area contributed by atoms with E-state index in [1.807, 2.05) is 0 Å². The lowest BCUT2D eigenvalue weighted by Gasteiger charge is -2.23. The van der Waals surface area contributed by atoms with E-state index in [2.05, 4.69) is 15.5 Å². The van der Waals surface area contributed by atoms with Gasteiger partial charge >= 0.3 is 12.0 Å². The molecule has 2 amide bonds. The molecule has 3 unspecified atom stereocenters. The molecule has 0 bridgehead atoms. The highest BCUT2D eigenvalue weighted by molar-refractivity contribution is 5.83. The fourth-order valence-electron chi connectivity index (χ4n) is 2.44. The summed E-state index contributed by atoms with van der Waals surface area (Å²) in [7, 11) is 3.28. The van der Waals surface area contributed by atoms with Crippen molar-refractivity contribution in [2.45, 2.75) is 31.5 Å². The van der Waals surface area contributed by atoms with Gasteiger partial charge in [0.05, 0.1) is 12.1 Å². The summed E-state index contributed by atoms with van der Waals surface area (Å²) in [5.74, 6) is -0.436. The van der Waals surface area contributed by atoms with Gasteiger partial charge in [-0.05, 0) is 6.92 Å². The van der Waals surface area contributed by atoms with Crippen molar-refractivity contribution < 1.29 is 19.4 Å². The minimum absolute atomic E-state index is 0.255. The topological polar surface area (TPSA) is 110 Å². The third-order valence-corrected chi connectivity index (χ3v) is 3.62. The number of ether oxygens (including phenoxy) is 1. The smallest absolute Gasteiger partial charge is 0.326 e. The predicted molar refractivity (Wildman–Crippen MR) is 71.5 cm³/mol. The van der Waals surface area contributed by atoms with Gasteiger partial charge in [0.15, 0.2) is 5.82 Å². The Hall–Kier alpha value is -2.16. The molecule has 0 aliphatic carbocycles. The van der Waals surface area contributed by atoms with Crippen molar-refractivity contribution in [3.05, 3.63) is 12.2 Å². The Morgan fingerprint density at radius 2 is 2.29 bits per heavy atom. The number of hydrogen-bond donors (Lipinski definition) is 2. The maximum atomic E-state index is 12.3. The molecule has 2 rings (SSSR count). The van der Waals surface area contributed by atoms with Gasteiger partial charge < -0.3 is 24.6 Å². The number of urea groups is 1. The monoisotopic (exact) mass is 297 g/mol. The lowest BCUT2D eigenvalue weighted by atomic mass is 10.2. The van der Waals surface area contributed by atoms with Crippen LogP contribution in [0.5, 0.6) is 0 Å². The third-order valence-electron chi connectivity index (χ3n) is 3.62. The quantitative estimate of drug-likeness (QED) is 0.793. The normalized spacial score (nSPS) is 23.1. The number of likely N-dealkylation sites (tertiary alicyclic amines) is 1. The fraction of sp³-hybridized carbons (Fsp3) is 0.667. The van der Waals surface area contributed by atoms with Gasteiger partial charge in [-0.15, -0.1) is 10.2 Å². The number of hydrogen-bond acceptors (Lipinski definition) is 5. The minimum atomic E-state index is -1.03. The molecule has 1 aromatic heterocycles. The van der Waals surface area contributed by atoms with Gasteiger partial charge in [0, 0.05) is 27.1 Å². The molecule has 3 atom stereocenters. The number of methoxy groups -OCH3 is 1. The van der Waals surface area contributed by atoms with Gasteiger partial charge in [0.2, 0.25) is 0 Å². The maximum Gasteiger partial charge on any atom is 0.326 e. The lowest BCUT2D eigenvalue weighted by molar-refractivity contribution is -0.141. The van der Waals surface area contributed by atoms with E-state index in [1.54, 1.807) is 18.5 Å². The second-order valence-corrected chi connectivity index (χ2v) is 5.07. The van der Waals surface area contributed by atoms with Crippen molar-refractivity contribution in [3.63, 3.8) is 0 Å². The molecule has 2 N–H and O–H groups in total. The molecule has 9 nitrogen and oxygen atoms in total. The first kappa shape index (κ1) is 15.2. The molecule has 1 saturated heterocycles. The Morgan fingerprint density at radius 1 is 1.57 bits per heavy atom. The SMILES string of the molecule is COC1CC(C(=O)O)N(C(=O)NC(C)c2nncn2C)C1. The first-order chi connectivity index (χ1) is 9.93. The van der Waals surface area contributed by atoms with Gasteiger partial charge in [-0.3, -0.25) is 0 Å². The Labute approximate surface area is 121 Å². The molecule has 21 heavy (non-hydrogen) atoms. The van der Waals surface area contributed by atoms with Crippen LogP contribution in [-0.2, 0) is 16.6 Å². The van der Waals surface area contributed by atoms with E-state index in [1.165, 1.54) is 18.3 Å². The highest BCUT2D eigenvalue weighted by atomic mass is 16.5. The highest BCUT2D eigenvalue weighted by Crippen LogP contribution is 2.21. The lowest BCUT2D eigenvalue weighted by Crippen LogP contribution is -2.47. The van der Waals surface area contributed by atoms with Gasteiger partial charge in [0.1, 0.15) is 12.4 Å². The molecule has 0 radical (unpaired) electrons. The number of carboxylic acids is 1. The molecule has 1 aliphatic rings. The van der Waals surface area contributed by atoms with E-state index in [-0.39, 0.29) is 25.1 Å². The molecule has 0 saturated carbocycles. The largest absolute Gasteiger partial charge is 0.480 e. The van der Waals surface area contributed by atoms with Crippen LogP contribution >= 0.6 is 0 Å². The number of carbonyl (C=O) groups is 2. The van der Waals surface area contributed by atoms with Crippen LogP contribution in [0.4, 0.5) is 4.79 Å². The summed E-state index contributed by atoms with van der Waals surface area (Å²) in [6, 6.07) is -1.69. The maximum absolute atomic E-state index is 12.3. The first-order valence-electron chi connectivity index (χ1n) is 6.60.